The molecule has 2 aliphatic rings. The van der Waals surface area contributed by atoms with Gasteiger partial charge in [0.25, 0.3) is 0 Å². The van der Waals surface area contributed by atoms with Crippen molar-refractivity contribution >= 4 is 5.78 Å². The summed E-state index contributed by atoms with van der Waals surface area (Å²) in [6.45, 7) is 8.50. The number of ether oxygens (including phenoxy) is 1. The first-order valence-corrected chi connectivity index (χ1v) is 8.43. The predicted molar refractivity (Wildman–Crippen MR) is 88.3 cm³/mol. The number of hydrogen-bond donors (Lipinski definition) is 0. The van der Waals surface area contributed by atoms with Crippen LogP contribution in [0.1, 0.15) is 49.4 Å². The molecule has 0 aromatic heterocycles. The highest BCUT2D eigenvalue weighted by Gasteiger charge is 2.38. The number of ketones is 1. The van der Waals surface area contributed by atoms with Gasteiger partial charge < -0.3 is 4.74 Å². The van der Waals surface area contributed by atoms with Crippen LogP contribution >= 0.6 is 0 Å². The molecule has 3 nitrogen and oxygen atoms in total. The Hall–Kier alpha value is -1.35. The minimum Gasteiger partial charge on any atom is -0.496 e. The minimum atomic E-state index is 0.233. The first-order valence-electron chi connectivity index (χ1n) is 8.43. The van der Waals surface area contributed by atoms with Crippen molar-refractivity contribution in [2.75, 3.05) is 20.2 Å². The maximum Gasteiger partial charge on any atom is 0.139 e. The van der Waals surface area contributed by atoms with E-state index < -0.39 is 0 Å². The van der Waals surface area contributed by atoms with Crippen molar-refractivity contribution < 1.29 is 9.53 Å². The molecule has 0 N–H and O–H groups in total. The molecule has 0 amide bonds. The van der Waals surface area contributed by atoms with Crippen molar-refractivity contribution in [3.8, 4) is 5.75 Å². The summed E-state index contributed by atoms with van der Waals surface area (Å²) in [5.41, 5.74) is 3.87. The van der Waals surface area contributed by atoms with Crippen molar-refractivity contribution in [2.45, 2.75) is 46.1 Å². The summed E-state index contributed by atoms with van der Waals surface area (Å²) < 4.78 is 5.45. The summed E-state index contributed by atoms with van der Waals surface area (Å²) in [6, 6.07) is 4.69. The topological polar surface area (TPSA) is 29.5 Å². The molecular formula is C19H27NO2. The third-order valence-electron chi connectivity index (χ3n) is 5.19. The number of nitrogens with zero attached hydrogens (tertiary/aromatic N) is 1. The van der Waals surface area contributed by atoms with E-state index in [1.54, 1.807) is 7.11 Å². The van der Waals surface area contributed by atoms with Crippen LogP contribution in [0.5, 0.6) is 5.75 Å². The van der Waals surface area contributed by atoms with Crippen LogP contribution in [0.4, 0.5) is 0 Å². The highest BCUT2D eigenvalue weighted by Crippen LogP contribution is 2.40. The van der Waals surface area contributed by atoms with Crippen molar-refractivity contribution in [1.82, 2.24) is 4.90 Å². The van der Waals surface area contributed by atoms with Gasteiger partial charge in [-0.05, 0) is 48.4 Å². The van der Waals surface area contributed by atoms with Crippen LogP contribution in [0.25, 0.3) is 0 Å². The minimum absolute atomic E-state index is 0.233. The molecule has 0 spiro atoms. The molecule has 120 valence electrons. The molecular weight excluding hydrogens is 274 g/mol. The second kappa shape index (κ2) is 6.04. The lowest BCUT2D eigenvalue weighted by Gasteiger charge is -2.43. The third-order valence-corrected chi connectivity index (χ3v) is 5.19. The Bertz CT molecular complexity index is 579. The van der Waals surface area contributed by atoms with Crippen molar-refractivity contribution in [1.29, 1.82) is 0 Å². The number of Topliss-reactive ketones (excluding diaryl/α,β-unsaturated/α-hetero) is 1. The Balaban J connectivity index is 1.87. The van der Waals surface area contributed by atoms with E-state index in [4.69, 9.17) is 4.74 Å². The molecule has 1 aromatic rings. The van der Waals surface area contributed by atoms with Crippen LogP contribution < -0.4 is 4.74 Å². The Morgan fingerprint density at radius 1 is 1.36 bits per heavy atom. The van der Waals surface area contributed by atoms with Crippen LogP contribution in [0.3, 0.4) is 0 Å². The third kappa shape index (κ3) is 2.79. The van der Waals surface area contributed by atoms with Gasteiger partial charge in [0.15, 0.2) is 0 Å². The molecule has 1 aromatic carbocycles. The molecule has 0 aliphatic carbocycles. The standard InChI is InChI=1S/C19H27NO2/c1-12(2)7-15-11-20-6-5-14-9-19(22-4)13(3)8-16(14)17(20)10-18(15)21/h8-9,12,15,17H,5-7,10-11H2,1-4H3. The van der Waals surface area contributed by atoms with Gasteiger partial charge in [-0.15, -0.1) is 0 Å². The van der Waals surface area contributed by atoms with E-state index in [0.717, 1.165) is 31.7 Å². The van der Waals surface area contributed by atoms with Crippen LogP contribution in [0.15, 0.2) is 12.1 Å². The van der Waals surface area contributed by atoms with E-state index in [2.05, 4.69) is 37.8 Å². The molecule has 2 atom stereocenters. The van der Waals surface area contributed by atoms with Gasteiger partial charge in [-0.2, -0.15) is 0 Å². The van der Waals surface area contributed by atoms with E-state index in [0.29, 0.717) is 18.1 Å². The fourth-order valence-electron chi connectivity index (χ4n) is 4.09. The van der Waals surface area contributed by atoms with Gasteiger partial charge in [0.2, 0.25) is 0 Å². The maximum absolute atomic E-state index is 12.6. The second-order valence-corrected chi connectivity index (χ2v) is 7.28. The zero-order chi connectivity index (χ0) is 15.9. The van der Waals surface area contributed by atoms with Gasteiger partial charge in [-0.3, -0.25) is 9.69 Å². The molecule has 1 fully saturated rings. The number of fused-ring (bicyclic) bond motifs is 3. The number of carbonyl (C=O) groups excluding carboxylic acids is 1. The Morgan fingerprint density at radius 3 is 2.82 bits per heavy atom. The number of aryl methyl sites for hydroxylation is 1. The quantitative estimate of drug-likeness (QED) is 0.855. The fraction of sp³-hybridized carbons (Fsp3) is 0.632. The van der Waals surface area contributed by atoms with Gasteiger partial charge in [-0.1, -0.05) is 19.9 Å². The number of methoxy groups -OCH3 is 1. The number of carbonyl (C=O) groups is 1. The van der Waals surface area contributed by atoms with Gasteiger partial charge in [0, 0.05) is 31.5 Å². The predicted octanol–water partition coefficient (Wildman–Crippen LogP) is 3.54. The zero-order valence-corrected chi connectivity index (χ0v) is 14.2. The smallest absolute Gasteiger partial charge is 0.139 e. The molecule has 0 radical (unpaired) electrons. The number of piperidine rings is 1. The lowest BCUT2D eigenvalue weighted by atomic mass is 9.79. The summed E-state index contributed by atoms with van der Waals surface area (Å²) in [6.07, 6.45) is 2.76. The monoisotopic (exact) mass is 301 g/mol. The summed E-state index contributed by atoms with van der Waals surface area (Å²) in [4.78, 5) is 15.1. The van der Waals surface area contributed by atoms with Gasteiger partial charge in [0.05, 0.1) is 7.11 Å². The molecule has 2 unspecified atom stereocenters. The summed E-state index contributed by atoms with van der Waals surface area (Å²) in [5.74, 6) is 2.24. The van der Waals surface area contributed by atoms with Crippen molar-refractivity contribution in [3.05, 3.63) is 28.8 Å². The van der Waals surface area contributed by atoms with E-state index in [9.17, 15) is 4.79 Å². The molecule has 22 heavy (non-hydrogen) atoms. The summed E-state index contributed by atoms with van der Waals surface area (Å²) in [5, 5.41) is 0. The lowest BCUT2D eigenvalue weighted by Crippen LogP contribution is -2.46. The normalized spacial score (nSPS) is 25.0. The Labute approximate surface area is 133 Å². The molecule has 2 heterocycles. The van der Waals surface area contributed by atoms with Crippen LogP contribution in [0.2, 0.25) is 0 Å². The molecule has 3 heteroatoms. The average Bonchev–Trinajstić information content (AvgIpc) is 2.47. The lowest BCUT2D eigenvalue weighted by molar-refractivity contribution is -0.129. The van der Waals surface area contributed by atoms with Crippen LogP contribution in [-0.2, 0) is 11.2 Å². The first kappa shape index (κ1) is 15.5. The molecule has 1 saturated heterocycles. The van der Waals surface area contributed by atoms with Crippen LogP contribution in [-0.4, -0.2) is 30.9 Å². The SMILES string of the molecule is COc1cc2c(cc1C)C1CC(=O)C(CC(C)C)CN1CC2. The van der Waals surface area contributed by atoms with Crippen molar-refractivity contribution in [2.24, 2.45) is 11.8 Å². The van der Waals surface area contributed by atoms with E-state index in [1.807, 2.05) is 0 Å². The highest BCUT2D eigenvalue weighted by atomic mass is 16.5. The van der Waals surface area contributed by atoms with E-state index >= 15 is 0 Å². The Kier molecular flexibility index (Phi) is 4.26. The number of rotatable bonds is 3. The van der Waals surface area contributed by atoms with Gasteiger partial charge in [-0.25, -0.2) is 0 Å². The van der Waals surface area contributed by atoms with Gasteiger partial charge >= 0.3 is 0 Å². The van der Waals surface area contributed by atoms with Crippen molar-refractivity contribution in [3.63, 3.8) is 0 Å². The summed E-state index contributed by atoms with van der Waals surface area (Å²) in [7, 11) is 1.73. The van der Waals surface area contributed by atoms with Gasteiger partial charge in [0.1, 0.15) is 11.5 Å². The number of benzene rings is 1. The zero-order valence-electron chi connectivity index (χ0n) is 14.2. The number of hydrogen-bond acceptors (Lipinski definition) is 3. The molecule has 2 aliphatic heterocycles. The maximum atomic E-state index is 12.6. The highest BCUT2D eigenvalue weighted by molar-refractivity contribution is 5.83. The fourth-order valence-corrected chi connectivity index (χ4v) is 4.09. The summed E-state index contributed by atoms with van der Waals surface area (Å²) >= 11 is 0. The molecule has 3 rings (SSSR count). The largest absolute Gasteiger partial charge is 0.496 e. The molecule has 0 bridgehead atoms. The average molecular weight is 301 g/mol. The van der Waals surface area contributed by atoms with Crippen LogP contribution in [0, 0.1) is 18.8 Å². The van der Waals surface area contributed by atoms with E-state index in [-0.39, 0.29) is 12.0 Å². The van der Waals surface area contributed by atoms with E-state index in [1.165, 1.54) is 16.7 Å². The first-order chi connectivity index (χ1) is 10.5. The molecule has 0 saturated carbocycles. The Morgan fingerprint density at radius 2 is 2.14 bits per heavy atom. The second-order valence-electron chi connectivity index (χ2n) is 7.28.